The molecular formula is C27H29N7O2. The van der Waals surface area contributed by atoms with Gasteiger partial charge in [0, 0.05) is 49.6 Å². The molecule has 0 atom stereocenters. The molecule has 184 valence electrons. The molecule has 2 aromatic heterocycles. The second kappa shape index (κ2) is 9.58. The molecule has 1 aliphatic heterocycles. The molecule has 1 amide bonds. The molecule has 9 heteroatoms. The summed E-state index contributed by atoms with van der Waals surface area (Å²) in [6, 6.07) is 15.6. The molecule has 0 unspecified atom stereocenters. The zero-order valence-corrected chi connectivity index (χ0v) is 20.3. The van der Waals surface area contributed by atoms with E-state index in [0.717, 1.165) is 53.5 Å². The smallest absolute Gasteiger partial charge is 0.251 e. The Bertz CT molecular complexity index is 1390. The van der Waals surface area contributed by atoms with E-state index in [1.54, 1.807) is 19.2 Å². The predicted octanol–water partition coefficient (Wildman–Crippen LogP) is 3.84. The highest BCUT2D eigenvalue weighted by molar-refractivity contribution is 5.94. The quantitative estimate of drug-likeness (QED) is 0.412. The first-order valence-electron chi connectivity index (χ1n) is 12.4. The van der Waals surface area contributed by atoms with Gasteiger partial charge in [-0.15, -0.1) is 0 Å². The maximum atomic E-state index is 11.9. The number of amides is 1. The Morgan fingerprint density at radius 1 is 1.06 bits per heavy atom. The van der Waals surface area contributed by atoms with Gasteiger partial charge in [0.15, 0.2) is 0 Å². The first-order chi connectivity index (χ1) is 17.7. The van der Waals surface area contributed by atoms with Crippen LogP contribution >= 0.6 is 0 Å². The van der Waals surface area contributed by atoms with Gasteiger partial charge in [0.25, 0.3) is 5.91 Å². The third-order valence-corrected chi connectivity index (χ3v) is 6.72. The topological polar surface area (TPSA) is 97.2 Å². The van der Waals surface area contributed by atoms with E-state index in [0.29, 0.717) is 30.5 Å². The van der Waals surface area contributed by atoms with Crippen molar-refractivity contribution in [1.29, 1.82) is 0 Å². The molecule has 2 fully saturated rings. The summed E-state index contributed by atoms with van der Waals surface area (Å²) in [5.41, 5.74) is 5.45. The summed E-state index contributed by atoms with van der Waals surface area (Å²) in [4.78, 5) is 28.4. The number of fused-ring (bicyclic) bond motifs is 1. The van der Waals surface area contributed by atoms with E-state index in [2.05, 4.69) is 43.3 Å². The summed E-state index contributed by atoms with van der Waals surface area (Å²) in [5.74, 6) is 2.02. The van der Waals surface area contributed by atoms with Gasteiger partial charge in [-0.05, 0) is 55.2 Å². The third kappa shape index (κ3) is 4.74. The van der Waals surface area contributed by atoms with Crippen molar-refractivity contribution in [3.05, 3.63) is 60.4 Å². The van der Waals surface area contributed by atoms with E-state index in [4.69, 9.17) is 14.7 Å². The Balaban J connectivity index is 1.35. The standard InChI is InChI=1S/C27H29N7O2/c1-28-26(35)19-4-7-21(8-5-19)30-25-15-23(31-27(32-25)33-10-12-36-13-11-33)20-6-9-22-24(14-20)34(17-29-22)16-18-2-3-18/h4-9,14-15,17-18H,2-3,10-13,16H2,1H3,(H,28,35)(H,30,31,32). The Morgan fingerprint density at radius 2 is 1.86 bits per heavy atom. The molecule has 2 aliphatic rings. The number of hydrogen-bond donors (Lipinski definition) is 2. The highest BCUT2D eigenvalue weighted by Gasteiger charge is 2.23. The van der Waals surface area contributed by atoms with Crippen molar-refractivity contribution in [3.63, 3.8) is 0 Å². The van der Waals surface area contributed by atoms with E-state index >= 15 is 0 Å². The van der Waals surface area contributed by atoms with Gasteiger partial charge in [-0.3, -0.25) is 4.79 Å². The van der Waals surface area contributed by atoms with Gasteiger partial charge in [0.1, 0.15) is 5.82 Å². The summed E-state index contributed by atoms with van der Waals surface area (Å²) in [6.45, 7) is 3.82. The van der Waals surface area contributed by atoms with Gasteiger partial charge < -0.3 is 24.8 Å². The van der Waals surface area contributed by atoms with Gasteiger partial charge >= 0.3 is 0 Å². The van der Waals surface area contributed by atoms with Gasteiger partial charge in [0.2, 0.25) is 5.95 Å². The fourth-order valence-electron chi connectivity index (χ4n) is 4.49. The number of carbonyl (C=O) groups is 1. The van der Waals surface area contributed by atoms with Crippen molar-refractivity contribution in [2.75, 3.05) is 43.6 Å². The number of ether oxygens (including phenoxy) is 1. The summed E-state index contributed by atoms with van der Waals surface area (Å²) < 4.78 is 7.79. The zero-order chi connectivity index (χ0) is 24.5. The van der Waals surface area contributed by atoms with Crippen LogP contribution in [0.1, 0.15) is 23.2 Å². The molecule has 1 saturated heterocycles. The van der Waals surface area contributed by atoms with Crippen molar-refractivity contribution >= 4 is 34.4 Å². The van der Waals surface area contributed by atoms with Crippen LogP contribution in [-0.2, 0) is 11.3 Å². The van der Waals surface area contributed by atoms with E-state index in [-0.39, 0.29) is 5.91 Å². The number of rotatable bonds is 7. The van der Waals surface area contributed by atoms with Crippen LogP contribution in [0.5, 0.6) is 0 Å². The van der Waals surface area contributed by atoms with Crippen LogP contribution < -0.4 is 15.5 Å². The fraction of sp³-hybridized carbons (Fsp3) is 0.333. The molecule has 0 bridgehead atoms. The zero-order valence-electron chi connectivity index (χ0n) is 20.3. The molecule has 4 aromatic rings. The molecule has 9 nitrogen and oxygen atoms in total. The molecule has 3 heterocycles. The number of imidazole rings is 1. The molecule has 6 rings (SSSR count). The van der Waals surface area contributed by atoms with Crippen LogP contribution in [0.2, 0.25) is 0 Å². The van der Waals surface area contributed by atoms with E-state index < -0.39 is 0 Å². The number of aromatic nitrogens is 4. The number of hydrogen-bond acceptors (Lipinski definition) is 7. The first kappa shape index (κ1) is 22.5. The monoisotopic (exact) mass is 483 g/mol. The average Bonchev–Trinajstić information content (AvgIpc) is 3.67. The maximum Gasteiger partial charge on any atom is 0.251 e. The molecule has 0 spiro atoms. The molecule has 1 saturated carbocycles. The van der Waals surface area contributed by atoms with Gasteiger partial charge in [-0.1, -0.05) is 6.07 Å². The second-order valence-electron chi connectivity index (χ2n) is 9.36. The molecule has 36 heavy (non-hydrogen) atoms. The Morgan fingerprint density at radius 3 is 2.61 bits per heavy atom. The lowest BCUT2D eigenvalue weighted by Gasteiger charge is -2.27. The minimum atomic E-state index is -0.114. The second-order valence-corrected chi connectivity index (χ2v) is 9.36. The Hall–Kier alpha value is -3.98. The van der Waals surface area contributed by atoms with Crippen LogP contribution in [0, 0.1) is 5.92 Å². The molecule has 1 aliphatic carbocycles. The lowest BCUT2D eigenvalue weighted by Crippen LogP contribution is -2.37. The largest absolute Gasteiger partial charge is 0.378 e. The van der Waals surface area contributed by atoms with Crippen LogP contribution in [0.4, 0.5) is 17.5 Å². The maximum absolute atomic E-state index is 11.9. The first-order valence-corrected chi connectivity index (χ1v) is 12.4. The summed E-state index contributed by atoms with van der Waals surface area (Å²) in [5, 5.41) is 6.04. The van der Waals surface area contributed by atoms with E-state index in [1.165, 1.54) is 12.8 Å². The molecule has 2 aromatic carbocycles. The van der Waals surface area contributed by atoms with Crippen molar-refractivity contribution in [2.45, 2.75) is 19.4 Å². The van der Waals surface area contributed by atoms with Crippen molar-refractivity contribution in [2.24, 2.45) is 5.92 Å². The number of anilines is 3. The number of nitrogens with one attached hydrogen (secondary N) is 2. The van der Waals surface area contributed by atoms with Crippen molar-refractivity contribution < 1.29 is 9.53 Å². The van der Waals surface area contributed by atoms with Crippen LogP contribution in [0.25, 0.3) is 22.3 Å². The average molecular weight is 484 g/mol. The lowest BCUT2D eigenvalue weighted by molar-refractivity contribution is 0.0963. The Labute approximate surface area is 209 Å². The van der Waals surface area contributed by atoms with E-state index in [1.807, 2.05) is 24.5 Å². The van der Waals surface area contributed by atoms with Gasteiger partial charge in [-0.25, -0.2) is 9.97 Å². The number of nitrogens with zero attached hydrogens (tertiary/aromatic N) is 5. The van der Waals surface area contributed by atoms with E-state index in [9.17, 15) is 4.79 Å². The van der Waals surface area contributed by atoms with Crippen molar-refractivity contribution in [1.82, 2.24) is 24.8 Å². The number of benzene rings is 2. The summed E-state index contributed by atoms with van der Waals surface area (Å²) >= 11 is 0. The predicted molar refractivity (Wildman–Crippen MR) is 140 cm³/mol. The highest BCUT2D eigenvalue weighted by atomic mass is 16.5. The molecule has 2 N–H and O–H groups in total. The Kier molecular flexibility index (Phi) is 5.98. The highest BCUT2D eigenvalue weighted by Crippen LogP contribution is 2.33. The molecule has 0 radical (unpaired) electrons. The van der Waals surface area contributed by atoms with Crippen LogP contribution in [0.15, 0.2) is 54.9 Å². The minimum Gasteiger partial charge on any atom is -0.378 e. The van der Waals surface area contributed by atoms with Gasteiger partial charge in [0.05, 0.1) is 36.3 Å². The molecular weight excluding hydrogens is 454 g/mol. The lowest BCUT2D eigenvalue weighted by atomic mass is 10.1. The number of morpholine rings is 1. The summed E-state index contributed by atoms with van der Waals surface area (Å²) in [6.07, 6.45) is 4.54. The number of carbonyl (C=O) groups excluding carboxylic acids is 1. The van der Waals surface area contributed by atoms with Crippen LogP contribution in [0.3, 0.4) is 0 Å². The summed E-state index contributed by atoms with van der Waals surface area (Å²) in [7, 11) is 1.63. The van der Waals surface area contributed by atoms with Gasteiger partial charge in [-0.2, -0.15) is 4.98 Å². The minimum absolute atomic E-state index is 0.114. The fourth-order valence-corrected chi connectivity index (χ4v) is 4.49. The van der Waals surface area contributed by atoms with Crippen LogP contribution in [-0.4, -0.2) is 58.8 Å². The third-order valence-electron chi connectivity index (χ3n) is 6.72. The SMILES string of the molecule is CNC(=O)c1ccc(Nc2cc(-c3ccc4ncn(CC5CC5)c4c3)nc(N3CCOCC3)n2)cc1. The van der Waals surface area contributed by atoms with Crippen molar-refractivity contribution in [3.8, 4) is 11.3 Å². The normalized spacial score (nSPS) is 15.8.